The lowest BCUT2D eigenvalue weighted by Gasteiger charge is -2.20. The highest BCUT2D eigenvalue weighted by atomic mass is 32.2. The molecule has 2 aliphatic rings. The number of hydrogen-bond acceptors (Lipinski definition) is 5. The number of aryl methyl sites for hydroxylation is 1. The molecule has 0 amide bonds. The van der Waals surface area contributed by atoms with E-state index in [4.69, 9.17) is 9.47 Å². The van der Waals surface area contributed by atoms with Crippen LogP contribution in [0.3, 0.4) is 0 Å². The summed E-state index contributed by atoms with van der Waals surface area (Å²) in [4.78, 5) is 2.67. The molecule has 7 heteroatoms. The van der Waals surface area contributed by atoms with Gasteiger partial charge in [-0.05, 0) is 44.7 Å². The van der Waals surface area contributed by atoms with Crippen LogP contribution in [0.2, 0.25) is 0 Å². The lowest BCUT2D eigenvalue weighted by atomic mass is 10.2. The van der Waals surface area contributed by atoms with Gasteiger partial charge in [0.25, 0.3) is 0 Å². The maximum Gasteiger partial charge on any atom is 0.241 e. The quantitative estimate of drug-likeness (QED) is 0.845. The summed E-state index contributed by atoms with van der Waals surface area (Å²) < 4.78 is 39.1. The molecule has 0 unspecified atom stereocenters. The van der Waals surface area contributed by atoms with Gasteiger partial charge in [0, 0.05) is 30.7 Å². The van der Waals surface area contributed by atoms with E-state index in [1.807, 2.05) is 0 Å². The summed E-state index contributed by atoms with van der Waals surface area (Å²) in [7, 11) is -0.555. The van der Waals surface area contributed by atoms with Gasteiger partial charge < -0.3 is 9.47 Å². The van der Waals surface area contributed by atoms with Gasteiger partial charge in [-0.1, -0.05) is 0 Å². The van der Waals surface area contributed by atoms with Crippen LogP contribution in [0.1, 0.15) is 31.7 Å². The van der Waals surface area contributed by atoms with Crippen molar-refractivity contribution in [2.75, 3.05) is 20.8 Å². The van der Waals surface area contributed by atoms with Crippen LogP contribution in [-0.2, 0) is 10.0 Å². The molecule has 6 nitrogen and oxygen atoms in total. The number of methoxy groups -OCH3 is 2. The predicted molar refractivity (Wildman–Crippen MR) is 92.2 cm³/mol. The number of rotatable bonds is 6. The number of hydrogen-bond donors (Lipinski definition) is 1. The van der Waals surface area contributed by atoms with Crippen molar-refractivity contribution in [2.45, 2.75) is 56.1 Å². The number of likely N-dealkylation sites (tertiary alicyclic amines) is 1. The zero-order chi connectivity index (χ0) is 17.5. The molecule has 1 saturated heterocycles. The lowest BCUT2D eigenvalue weighted by molar-refractivity contribution is 0.256. The van der Waals surface area contributed by atoms with E-state index < -0.39 is 10.0 Å². The summed E-state index contributed by atoms with van der Waals surface area (Å²) in [6.07, 6.45) is 3.32. The Morgan fingerprint density at radius 3 is 2.38 bits per heavy atom. The molecule has 1 heterocycles. The van der Waals surface area contributed by atoms with E-state index in [1.54, 1.807) is 13.0 Å². The van der Waals surface area contributed by atoms with Crippen molar-refractivity contribution in [3.05, 3.63) is 17.7 Å². The average Bonchev–Trinajstić information content (AvgIpc) is 3.30. The van der Waals surface area contributed by atoms with E-state index in [0.717, 1.165) is 13.0 Å². The van der Waals surface area contributed by atoms with Gasteiger partial charge in [0.1, 0.15) is 0 Å². The number of benzene rings is 1. The van der Waals surface area contributed by atoms with Gasteiger partial charge in [0.15, 0.2) is 11.5 Å². The molecule has 2 fully saturated rings. The topological polar surface area (TPSA) is 67.9 Å². The van der Waals surface area contributed by atoms with Gasteiger partial charge in [-0.2, -0.15) is 0 Å². The molecule has 0 radical (unpaired) electrons. The number of nitrogens with one attached hydrogen (secondary N) is 1. The van der Waals surface area contributed by atoms with Gasteiger partial charge in [-0.25, -0.2) is 13.1 Å². The first-order valence-corrected chi connectivity index (χ1v) is 9.84. The summed E-state index contributed by atoms with van der Waals surface area (Å²) >= 11 is 0. The predicted octanol–water partition coefficient (Wildman–Crippen LogP) is 1.92. The Morgan fingerprint density at radius 2 is 1.79 bits per heavy atom. The van der Waals surface area contributed by atoms with Crippen LogP contribution in [0, 0.1) is 6.92 Å². The van der Waals surface area contributed by atoms with E-state index in [9.17, 15) is 8.42 Å². The summed E-state index contributed by atoms with van der Waals surface area (Å²) in [5.74, 6) is 0.950. The minimum absolute atomic E-state index is 0.0434. The molecule has 0 aromatic heterocycles. The summed E-state index contributed by atoms with van der Waals surface area (Å²) in [5.41, 5.74) is 0.644. The SMILES string of the molecule is COc1cc(C)c(S(=O)(=O)N[C@@H]2C[C@@H](C)N(C3CC3)C2)cc1OC. The smallest absolute Gasteiger partial charge is 0.241 e. The van der Waals surface area contributed by atoms with Gasteiger partial charge in [-0.15, -0.1) is 0 Å². The molecule has 0 bridgehead atoms. The third kappa shape index (κ3) is 3.38. The Bertz CT molecular complexity index is 716. The third-order valence-electron chi connectivity index (χ3n) is 4.93. The monoisotopic (exact) mass is 354 g/mol. The molecule has 1 aromatic carbocycles. The Hall–Kier alpha value is -1.31. The minimum atomic E-state index is -3.60. The largest absolute Gasteiger partial charge is 0.493 e. The molecule has 1 aliphatic carbocycles. The molecule has 2 atom stereocenters. The molecular weight excluding hydrogens is 328 g/mol. The molecular formula is C17H26N2O4S. The molecule has 1 aliphatic heterocycles. The van der Waals surface area contributed by atoms with E-state index >= 15 is 0 Å². The zero-order valence-electron chi connectivity index (χ0n) is 14.7. The Balaban J connectivity index is 1.80. The molecule has 24 heavy (non-hydrogen) atoms. The van der Waals surface area contributed by atoms with Crippen molar-refractivity contribution in [1.29, 1.82) is 0 Å². The molecule has 3 rings (SSSR count). The van der Waals surface area contributed by atoms with Crippen molar-refractivity contribution in [3.8, 4) is 11.5 Å². The molecule has 1 saturated carbocycles. The summed E-state index contributed by atoms with van der Waals surface area (Å²) in [5, 5.41) is 0. The van der Waals surface area contributed by atoms with Crippen LogP contribution < -0.4 is 14.2 Å². The fraction of sp³-hybridized carbons (Fsp3) is 0.647. The minimum Gasteiger partial charge on any atom is -0.493 e. The first-order chi connectivity index (χ1) is 11.4. The van der Waals surface area contributed by atoms with Crippen molar-refractivity contribution in [2.24, 2.45) is 0 Å². The van der Waals surface area contributed by atoms with E-state index in [-0.39, 0.29) is 10.9 Å². The van der Waals surface area contributed by atoms with E-state index in [1.165, 1.54) is 33.1 Å². The van der Waals surface area contributed by atoms with Gasteiger partial charge >= 0.3 is 0 Å². The maximum absolute atomic E-state index is 12.8. The average molecular weight is 354 g/mol. The van der Waals surface area contributed by atoms with Gasteiger partial charge in [0.2, 0.25) is 10.0 Å². The van der Waals surface area contributed by atoms with Crippen LogP contribution in [0.5, 0.6) is 11.5 Å². The Kier molecular flexibility index (Phi) is 4.77. The Morgan fingerprint density at radius 1 is 1.17 bits per heavy atom. The van der Waals surface area contributed by atoms with Crippen LogP contribution in [0.4, 0.5) is 0 Å². The normalized spacial score (nSPS) is 25.0. The highest BCUT2D eigenvalue weighted by Crippen LogP contribution is 2.35. The maximum atomic E-state index is 12.8. The highest BCUT2D eigenvalue weighted by molar-refractivity contribution is 7.89. The van der Waals surface area contributed by atoms with E-state index in [0.29, 0.717) is 29.1 Å². The number of sulfonamides is 1. The fourth-order valence-electron chi connectivity index (χ4n) is 3.59. The van der Waals surface area contributed by atoms with Crippen LogP contribution >= 0.6 is 0 Å². The Labute approximate surface area is 144 Å². The molecule has 1 N–H and O–H groups in total. The van der Waals surface area contributed by atoms with Crippen molar-refractivity contribution < 1.29 is 17.9 Å². The van der Waals surface area contributed by atoms with Gasteiger partial charge in [-0.3, -0.25) is 4.90 Å². The van der Waals surface area contributed by atoms with Crippen molar-refractivity contribution in [1.82, 2.24) is 9.62 Å². The third-order valence-corrected chi connectivity index (χ3v) is 6.59. The second-order valence-electron chi connectivity index (χ2n) is 6.80. The lowest BCUT2D eigenvalue weighted by Crippen LogP contribution is -2.37. The van der Waals surface area contributed by atoms with E-state index in [2.05, 4.69) is 16.5 Å². The number of nitrogens with zero attached hydrogens (tertiary/aromatic N) is 1. The second kappa shape index (κ2) is 6.54. The zero-order valence-corrected chi connectivity index (χ0v) is 15.5. The van der Waals surface area contributed by atoms with Crippen LogP contribution in [0.25, 0.3) is 0 Å². The summed E-state index contributed by atoms with van der Waals surface area (Å²) in [6, 6.07) is 4.27. The van der Waals surface area contributed by atoms with Crippen molar-refractivity contribution in [3.63, 3.8) is 0 Å². The van der Waals surface area contributed by atoms with Crippen molar-refractivity contribution >= 4 is 10.0 Å². The standard InChI is InChI=1S/C17H26N2O4S/c1-11-7-15(22-3)16(23-4)9-17(11)24(20,21)18-13-8-12(2)19(10-13)14-5-6-14/h7,9,12-14,18H,5-6,8,10H2,1-4H3/t12-,13-/m1/s1. The van der Waals surface area contributed by atoms with Crippen LogP contribution in [0.15, 0.2) is 17.0 Å². The molecule has 1 aromatic rings. The van der Waals surface area contributed by atoms with Crippen LogP contribution in [-0.4, -0.2) is 52.2 Å². The number of ether oxygens (including phenoxy) is 2. The van der Waals surface area contributed by atoms with Gasteiger partial charge in [0.05, 0.1) is 19.1 Å². The fourth-order valence-corrected chi connectivity index (χ4v) is 5.07. The first kappa shape index (κ1) is 17.5. The highest BCUT2D eigenvalue weighted by Gasteiger charge is 2.40. The first-order valence-electron chi connectivity index (χ1n) is 8.36. The summed E-state index contributed by atoms with van der Waals surface area (Å²) in [6.45, 7) is 4.73. The second-order valence-corrected chi connectivity index (χ2v) is 8.49. The molecule has 0 spiro atoms. The molecule has 134 valence electrons.